The summed E-state index contributed by atoms with van der Waals surface area (Å²) in [6.07, 6.45) is 6.10. The molecule has 0 fully saturated rings. The lowest BCUT2D eigenvalue weighted by Crippen LogP contribution is -2.39. The number of methoxy groups -OCH3 is 1. The number of aromatic nitrogens is 3. The van der Waals surface area contributed by atoms with Crippen LogP contribution in [0.5, 0.6) is 5.75 Å². The number of aryl methyl sites for hydroxylation is 1. The van der Waals surface area contributed by atoms with Crippen LogP contribution >= 0.6 is 0 Å². The first-order valence-corrected chi connectivity index (χ1v) is 13.7. The Bertz CT molecular complexity index is 1580. The molecule has 1 aliphatic rings. The standard InChI is InChI=1S/C32H33N5O5/c1-21(8-6-7-17-37-19-29(35-36-37)26(20-38)22-9-4-3-5-10-22)32(41)27-18-24(13-16-28(27)34-31(32)40)33-30(39)23-11-14-25(42-2)15-12-23/h3-6,8-16,18-19,21,26,38,41H,7,17,20H2,1-2H3,(H,33,39)(H,34,40)/b8-6+/t21-,26?,32+/m0/s1. The molecule has 0 spiro atoms. The predicted octanol–water partition coefficient (Wildman–Crippen LogP) is 4.09. The minimum Gasteiger partial charge on any atom is -0.497 e. The quantitative estimate of drug-likeness (QED) is 0.200. The molecule has 2 amide bonds. The van der Waals surface area contributed by atoms with E-state index < -0.39 is 17.4 Å². The van der Waals surface area contributed by atoms with Crippen LogP contribution < -0.4 is 15.4 Å². The van der Waals surface area contributed by atoms with Gasteiger partial charge in [-0.05, 0) is 54.4 Å². The molecule has 3 atom stereocenters. The molecule has 10 heteroatoms. The number of aliphatic hydroxyl groups excluding tert-OH is 1. The summed E-state index contributed by atoms with van der Waals surface area (Å²) in [7, 11) is 1.56. The Labute approximate surface area is 243 Å². The maximum absolute atomic E-state index is 12.9. The number of amides is 2. The summed E-state index contributed by atoms with van der Waals surface area (Å²) in [5.74, 6) is -1.02. The number of rotatable bonds is 11. The highest BCUT2D eigenvalue weighted by Gasteiger charge is 2.48. The number of benzene rings is 3. The third-order valence-corrected chi connectivity index (χ3v) is 7.54. The zero-order valence-electron chi connectivity index (χ0n) is 23.4. The van der Waals surface area contributed by atoms with Gasteiger partial charge in [-0.1, -0.05) is 54.6 Å². The number of carbonyl (C=O) groups is 2. The summed E-state index contributed by atoms with van der Waals surface area (Å²) in [4.78, 5) is 25.7. The molecule has 1 aromatic heterocycles. The molecule has 2 heterocycles. The summed E-state index contributed by atoms with van der Waals surface area (Å²) in [6.45, 7) is 2.23. The number of carbonyl (C=O) groups excluding carboxylic acids is 2. The number of anilines is 2. The van der Waals surface area contributed by atoms with E-state index in [4.69, 9.17) is 4.74 Å². The third-order valence-electron chi connectivity index (χ3n) is 7.54. The molecule has 0 saturated heterocycles. The van der Waals surface area contributed by atoms with Crippen molar-refractivity contribution in [3.63, 3.8) is 0 Å². The van der Waals surface area contributed by atoms with Crippen LogP contribution in [0.25, 0.3) is 0 Å². The zero-order chi connectivity index (χ0) is 29.7. The van der Waals surface area contributed by atoms with Crippen LogP contribution in [0.15, 0.2) is 91.1 Å². The van der Waals surface area contributed by atoms with Gasteiger partial charge >= 0.3 is 0 Å². The fourth-order valence-corrected chi connectivity index (χ4v) is 5.07. The Morgan fingerprint density at radius 3 is 2.62 bits per heavy atom. The van der Waals surface area contributed by atoms with E-state index in [1.807, 2.05) is 42.6 Å². The molecule has 4 aromatic rings. The lowest BCUT2D eigenvalue weighted by molar-refractivity contribution is -0.137. The molecule has 42 heavy (non-hydrogen) atoms. The largest absolute Gasteiger partial charge is 0.497 e. The Hall–Kier alpha value is -4.80. The number of hydrogen-bond donors (Lipinski definition) is 4. The van der Waals surface area contributed by atoms with Gasteiger partial charge in [0.25, 0.3) is 11.8 Å². The highest BCUT2D eigenvalue weighted by molar-refractivity contribution is 6.07. The monoisotopic (exact) mass is 567 g/mol. The van der Waals surface area contributed by atoms with Gasteiger partial charge in [-0.2, -0.15) is 0 Å². The van der Waals surface area contributed by atoms with E-state index in [1.54, 1.807) is 67.3 Å². The number of hydrogen-bond acceptors (Lipinski definition) is 7. The topological polar surface area (TPSA) is 139 Å². The number of ether oxygens (including phenoxy) is 1. The Morgan fingerprint density at radius 1 is 1.14 bits per heavy atom. The minimum atomic E-state index is -1.81. The van der Waals surface area contributed by atoms with Gasteiger partial charge in [-0.15, -0.1) is 5.10 Å². The molecular weight excluding hydrogens is 534 g/mol. The Kier molecular flexibility index (Phi) is 8.46. The van der Waals surface area contributed by atoms with Crippen molar-refractivity contribution >= 4 is 23.2 Å². The molecule has 0 bridgehead atoms. The lowest BCUT2D eigenvalue weighted by atomic mass is 9.82. The minimum absolute atomic E-state index is 0.0743. The van der Waals surface area contributed by atoms with E-state index in [1.165, 1.54) is 0 Å². The van der Waals surface area contributed by atoms with E-state index in [0.717, 1.165) is 5.56 Å². The van der Waals surface area contributed by atoms with E-state index >= 15 is 0 Å². The van der Waals surface area contributed by atoms with Gasteiger partial charge in [0.1, 0.15) is 5.75 Å². The van der Waals surface area contributed by atoms with Gasteiger partial charge in [0.05, 0.1) is 25.3 Å². The van der Waals surface area contributed by atoms with Crippen molar-refractivity contribution in [2.45, 2.75) is 31.4 Å². The predicted molar refractivity (Wildman–Crippen MR) is 158 cm³/mol. The first-order chi connectivity index (χ1) is 20.3. The highest BCUT2D eigenvalue weighted by atomic mass is 16.5. The van der Waals surface area contributed by atoms with Crippen LogP contribution in [0.1, 0.15) is 46.4 Å². The number of fused-ring (bicyclic) bond motifs is 1. The number of nitrogens with one attached hydrogen (secondary N) is 2. The van der Waals surface area contributed by atoms with Crippen molar-refractivity contribution in [2.24, 2.45) is 5.92 Å². The normalized spacial score (nSPS) is 17.5. The number of nitrogens with zero attached hydrogens (tertiary/aromatic N) is 3. The van der Waals surface area contributed by atoms with Crippen molar-refractivity contribution < 1.29 is 24.5 Å². The molecule has 0 aliphatic carbocycles. The van der Waals surface area contributed by atoms with E-state index in [-0.39, 0.29) is 18.4 Å². The molecule has 5 rings (SSSR count). The van der Waals surface area contributed by atoms with E-state index in [0.29, 0.717) is 46.9 Å². The fourth-order valence-electron chi connectivity index (χ4n) is 5.07. The highest BCUT2D eigenvalue weighted by Crippen LogP contribution is 2.43. The van der Waals surface area contributed by atoms with Crippen molar-refractivity contribution in [1.29, 1.82) is 0 Å². The van der Waals surface area contributed by atoms with Crippen molar-refractivity contribution in [2.75, 3.05) is 24.4 Å². The molecule has 1 unspecified atom stereocenters. The van der Waals surface area contributed by atoms with Crippen LogP contribution in [0.4, 0.5) is 11.4 Å². The molecular formula is C32H33N5O5. The molecule has 10 nitrogen and oxygen atoms in total. The van der Waals surface area contributed by atoms with Gasteiger partial charge in [0.15, 0.2) is 5.60 Å². The van der Waals surface area contributed by atoms with Crippen LogP contribution in [0, 0.1) is 5.92 Å². The summed E-state index contributed by atoms with van der Waals surface area (Å²) >= 11 is 0. The third kappa shape index (κ3) is 5.81. The summed E-state index contributed by atoms with van der Waals surface area (Å²) in [5.41, 5.74) is 1.64. The number of aliphatic hydroxyl groups is 2. The Balaban J connectivity index is 1.23. The molecule has 3 aromatic carbocycles. The van der Waals surface area contributed by atoms with E-state index in [9.17, 15) is 19.8 Å². The van der Waals surface area contributed by atoms with E-state index in [2.05, 4.69) is 20.9 Å². The van der Waals surface area contributed by atoms with Crippen LogP contribution in [-0.4, -0.2) is 50.7 Å². The average molecular weight is 568 g/mol. The van der Waals surface area contributed by atoms with Gasteiger partial charge in [0.2, 0.25) is 0 Å². The molecule has 0 saturated carbocycles. The molecule has 1 aliphatic heterocycles. The number of allylic oxidation sites excluding steroid dienone is 1. The first kappa shape index (κ1) is 28.7. The van der Waals surface area contributed by atoms with Crippen LogP contribution in [-0.2, 0) is 16.9 Å². The second-order valence-electron chi connectivity index (χ2n) is 10.2. The van der Waals surface area contributed by atoms with Crippen LogP contribution in [0.3, 0.4) is 0 Å². The molecule has 216 valence electrons. The lowest BCUT2D eigenvalue weighted by Gasteiger charge is -2.26. The van der Waals surface area contributed by atoms with Gasteiger partial charge < -0.3 is 25.6 Å². The molecule has 0 radical (unpaired) electrons. The fraction of sp³-hybridized carbons (Fsp3) is 0.250. The summed E-state index contributed by atoms with van der Waals surface area (Å²) in [6, 6.07) is 21.3. The smallest absolute Gasteiger partial charge is 0.261 e. The second kappa shape index (κ2) is 12.4. The summed E-state index contributed by atoms with van der Waals surface area (Å²) < 4.78 is 6.85. The SMILES string of the molecule is COc1ccc(C(=O)Nc2ccc3c(c2)[C@](O)([C@@H](C)/C=C/CCn2cc(C(CO)c4ccccc4)nn2)C(=O)N3)cc1. The second-order valence-corrected chi connectivity index (χ2v) is 10.2. The maximum atomic E-state index is 12.9. The van der Waals surface area contributed by atoms with Gasteiger partial charge in [0, 0.05) is 41.2 Å². The van der Waals surface area contributed by atoms with Gasteiger partial charge in [-0.3, -0.25) is 14.3 Å². The van der Waals surface area contributed by atoms with Crippen molar-refractivity contribution in [1.82, 2.24) is 15.0 Å². The van der Waals surface area contributed by atoms with Crippen molar-refractivity contribution in [3.8, 4) is 5.75 Å². The Morgan fingerprint density at radius 2 is 1.90 bits per heavy atom. The molecule has 4 N–H and O–H groups in total. The van der Waals surface area contributed by atoms with Crippen LogP contribution in [0.2, 0.25) is 0 Å². The van der Waals surface area contributed by atoms with Crippen molar-refractivity contribution in [3.05, 3.63) is 114 Å². The zero-order valence-corrected chi connectivity index (χ0v) is 23.4. The summed E-state index contributed by atoms with van der Waals surface area (Å²) in [5, 5.41) is 35.5. The first-order valence-electron chi connectivity index (χ1n) is 13.7. The van der Waals surface area contributed by atoms with Gasteiger partial charge in [-0.25, -0.2) is 0 Å². The average Bonchev–Trinajstić information content (AvgIpc) is 3.58. The maximum Gasteiger partial charge on any atom is 0.261 e.